The van der Waals surface area contributed by atoms with Crippen LogP contribution >= 0.6 is 23.5 Å². The van der Waals surface area contributed by atoms with Gasteiger partial charge in [0.05, 0.1) is 11.4 Å². The molecule has 0 bridgehead atoms. The second-order valence-electron chi connectivity index (χ2n) is 7.79. The first-order chi connectivity index (χ1) is 17.4. The summed E-state index contributed by atoms with van der Waals surface area (Å²) < 4.78 is 52.0. The molecule has 2 fully saturated rings. The largest absolute Gasteiger partial charge is 0.506 e. The number of hydrogen-bond donors (Lipinski definition) is 4. The molecule has 0 aliphatic carbocycles. The Kier molecular flexibility index (Phi) is 9.09. The molecule has 202 valence electrons. The van der Waals surface area contributed by atoms with E-state index in [-0.39, 0.29) is 36.0 Å². The van der Waals surface area contributed by atoms with E-state index in [9.17, 15) is 36.6 Å². The van der Waals surface area contributed by atoms with Gasteiger partial charge in [-0.25, -0.2) is 18.1 Å². The number of phenols is 2. The summed E-state index contributed by atoms with van der Waals surface area (Å²) in [6.45, 7) is 1.42. The van der Waals surface area contributed by atoms with E-state index in [0.717, 1.165) is 37.0 Å². The third-order valence-corrected chi connectivity index (χ3v) is 9.39. The summed E-state index contributed by atoms with van der Waals surface area (Å²) in [6.07, 6.45) is 1.93. The predicted octanol–water partition coefficient (Wildman–Crippen LogP) is 1.26. The van der Waals surface area contributed by atoms with Gasteiger partial charge in [-0.3, -0.25) is 9.59 Å². The number of amides is 2. The number of carbonyl (C=O) groups excluding carboxylic acids is 2. The molecule has 0 spiro atoms. The standard InChI is InChI=1S/C11H14N2O4S2.C10H12N2O4S2/c1-2-18-7-8-3-4-9(10(14)5-8)13-6-11(15)12-19(13,16)17;1-17-6-7-2-3-8(9(13)4-7)12-5-10(14)11-18(12,15)16/h3-5,14H,2,6-7H2,1H3,(H,12,15);2-4,13H,5-6H2,1H3,(H,11,14). The van der Waals surface area contributed by atoms with Crippen LogP contribution in [0.15, 0.2) is 36.4 Å². The number of carbonyl (C=O) groups is 2. The van der Waals surface area contributed by atoms with Crippen LogP contribution in [-0.4, -0.2) is 64.0 Å². The SMILES string of the molecule is CCSCc1ccc(N2CC(=O)NS2(=O)=O)c(O)c1.CSCc1ccc(N2CC(=O)NS2(=O)=O)c(O)c1. The van der Waals surface area contributed by atoms with Crippen LogP contribution in [0.4, 0.5) is 11.4 Å². The van der Waals surface area contributed by atoms with E-state index in [0.29, 0.717) is 0 Å². The minimum atomic E-state index is -3.87. The maximum absolute atomic E-state index is 11.7. The van der Waals surface area contributed by atoms with E-state index in [1.165, 1.54) is 24.3 Å². The van der Waals surface area contributed by atoms with E-state index in [2.05, 4.69) is 0 Å². The topological polar surface area (TPSA) is 173 Å². The molecule has 12 nitrogen and oxygen atoms in total. The number of rotatable bonds is 7. The Morgan fingerprint density at radius 2 is 1.24 bits per heavy atom. The molecule has 0 radical (unpaired) electrons. The minimum Gasteiger partial charge on any atom is -0.506 e. The van der Waals surface area contributed by atoms with Crippen molar-refractivity contribution in [1.29, 1.82) is 0 Å². The molecule has 2 aliphatic rings. The van der Waals surface area contributed by atoms with Gasteiger partial charge < -0.3 is 10.2 Å². The molecule has 37 heavy (non-hydrogen) atoms. The van der Waals surface area contributed by atoms with Gasteiger partial charge in [0.25, 0.3) is 11.8 Å². The highest BCUT2D eigenvalue weighted by Crippen LogP contribution is 2.33. The summed E-state index contributed by atoms with van der Waals surface area (Å²) in [6, 6.07) is 9.51. The van der Waals surface area contributed by atoms with Crippen molar-refractivity contribution in [1.82, 2.24) is 9.44 Å². The fourth-order valence-corrected chi connectivity index (χ4v) is 6.91. The Hall–Kier alpha value is -2.82. The number of hydrogen-bond acceptors (Lipinski definition) is 10. The number of benzene rings is 2. The van der Waals surface area contributed by atoms with Crippen molar-refractivity contribution < 1.29 is 36.6 Å². The van der Waals surface area contributed by atoms with Gasteiger partial charge in [0.1, 0.15) is 24.6 Å². The van der Waals surface area contributed by atoms with E-state index < -0.39 is 32.2 Å². The quantitative estimate of drug-likeness (QED) is 0.368. The summed E-state index contributed by atoms with van der Waals surface area (Å²) in [5.74, 6) is 0.913. The molecule has 0 unspecified atom stereocenters. The highest BCUT2D eigenvalue weighted by molar-refractivity contribution is 7.98. The Morgan fingerprint density at radius 1 is 0.811 bits per heavy atom. The summed E-state index contributed by atoms with van der Waals surface area (Å²) in [5.41, 5.74) is 2.02. The molecule has 0 atom stereocenters. The zero-order valence-electron chi connectivity index (χ0n) is 19.9. The average molecular weight is 591 g/mol. The highest BCUT2D eigenvalue weighted by Gasteiger charge is 2.36. The van der Waals surface area contributed by atoms with Gasteiger partial charge in [0.2, 0.25) is 0 Å². The normalized spacial score (nSPS) is 17.7. The first-order valence-corrected chi connectivity index (χ1v) is 16.2. The molecule has 0 aromatic heterocycles. The molecule has 2 heterocycles. The van der Waals surface area contributed by atoms with Crippen LogP contribution in [0.2, 0.25) is 0 Å². The lowest BCUT2D eigenvalue weighted by Gasteiger charge is -2.16. The second-order valence-corrected chi connectivity index (χ2v) is 13.1. The Morgan fingerprint density at radius 3 is 1.57 bits per heavy atom. The maximum Gasteiger partial charge on any atom is 0.326 e. The molecule has 0 saturated carbocycles. The number of anilines is 2. The van der Waals surface area contributed by atoms with Crippen molar-refractivity contribution in [2.75, 3.05) is 33.7 Å². The predicted molar refractivity (Wildman–Crippen MR) is 144 cm³/mol. The van der Waals surface area contributed by atoms with Crippen molar-refractivity contribution in [3.8, 4) is 11.5 Å². The molecular weight excluding hydrogens is 565 g/mol. The monoisotopic (exact) mass is 590 g/mol. The van der Waals surface area contributed by atoms with Gasteiger partial charge in [0, 0.05) is 11.5 Å². The van der Waals surface area contributed by atoms with Gasteiger partial charge in [-0.15, -0.1) is 0 Å². The molecule has 16 heteroatoms. The van der Waals surface area contributed by atoms with Crippen LogP contribution in [0.1, 0.15) is 18.1 Å². The highest BCUT2D eigenvalue weighted by atomic mass is 32.2. The lowest BCUT2D eigenvalue weighted by Crippen LogP contribution is -2.29. The van der Waals surface area contributed by atoms with Crippen molar-refractivity contribution in [2.45, 2.75) is 18.4 Å². The van der Waals surface area contributed by atoms with Crippen LogP contribution in [0, 0.1) is 0 Å². The fourth-order valence-electron chi connectivity index (χ4n) is 3.45. The van der Waals surface area contributed by atoms with Crippen molar-refractivity contribution in [3.63, 3.8) is 0 Å². The number of nitrogens with one attached hydrogen (secondary N) is 2. The lowest BCUT2D eigenvalue weighted by molar-refractivity contribution is -0.118. The zero-order chi connectivity index (χ0) is 27.4. The van der Waals surface area contributed by atoms with E-state index in [4.69, 9.17) is 0 Å². The first-order valence-electron chi connectivity index (χ1n) is 10.7. The maximum atomic E-state index is 11.7. The first kappa shape index (κ1) is 28.7. The van der Waals surface area contributed by atoms with Crippen molar-refractivity contribution in [2.24, 2.45) is 0 Å². The second kappa shape index (κ2) is 11.7. The summed E-state index contributed by atoms with van der Waals surface area (Å²) in [7, 11) is -7.74. The van der Waals surface area contributed by atoms with E-state index >= 15 is 0 Å². The summed E-state index contributed by atoms with van der Waals surface area (Å²) in [5, 5.41) is 19.8. The zero-order valence-corrected chi connectivity index (χ0v) is 23.1. The van der Waals surface area contributed by atoms with Gasteiger partial charge in [0.15, 0.2) is 0 Å². The molecule has 2 aromatic carbocycles. The van der Waals surface area contributed by atoms with Gasteiger partial charge in [-0.05, 0) is 47.4 Å². The molecule has 2 amide bonds. The van der Waals surface area contributed by atoms with E-state index in [1.54, 1.807) is 35.7 Å². The van der Waals surface area contributed by atoms with Gasteiger partial charge in [-0.2, -0.15) is 40.4 Å². The van der Waals surface area contributed by atoms with Crippen LogP contribution in [0.25, 0.3) is 0 Å². The molecule has 2 aliphatic heterocycles. The molecule has 2 saturated heterocycles. The van der Waals surface area contributed by atoms with Crippen LogP contribution in [0.5, 0.6) is 11.5 Å². The van der Waals surface area contributed by atoms with Crippen LogP contribution in [-0.2, 0) is 41.5 Å². The number of thioether (sulfide) groups is 2. The van der Waals surface area contributed by atoms with Gasteiger partial charge in [-0.1, -0.05) is 19.1 Å². The fraction of sp³-hybridized carbons (Fsp3) is 0.333. The van der Waals surface area contributed by atoms with Crippen LogP contribution in [0.3, 0.4) is 0 Å². The lowest BCUT2D eigenvalue weighted by atomic mass is 10.2. The molecule has 4 N–H and O–H groups in total. The van der Waals surface area contributed by atoms with Gasteiger partial charge >= 0.3 is 20.4 Å². The number of phenolic OH excluding ortho intramolecular Hbond substituents is 2. The molecule has 2 aromatic rings. The van der Waals surface area contributed by atoms with Crippen molar-refractivity contribution in [3.05, 3.63) is 47.5 Å². The smallest absolute Gasteiger partial charge is 0.326 e. The van der Waals surface area contributed by atoms with E-state index in [1.807, 2.05) is 22.6 Å². The van der Waals surface area contributed by atoms with Crippen molar-refractivity contribution >= 4 is 67.1 Å². The summed E-state index contributed by atoms with van der Waals surface area (Å²) in [4.78, 5) is 22.3. The Balaban J connectivity index is 0.000000206. The average Bonchev–Trinajstić information content (AvgIpc) is 3.24. The Bertz CT molecular complexity index is 1400. The molecule has 4 rings (SSSR count). The third kappa shape index (κ3) is 6.94. The minimum absolute atomic E-state index is 0.109. The summed E-state index contributed by atoms with van der Waals surface area (Å²) >= 11 is 3.29. The number of aromatic hydroxyl groups is 2. The number of nitrogens with zero attached hydrogens (tertiary/aromatic N) is 2. The molecular formula is C21H26N4O8S4. The third-order valence-electron chi connectivity index (χ3n) is 5.04. The Labute approximate surface area is 223 Å². The van der Waals surface area contributed by atoms with Crippen LogP contribution < -0.4 is 18.1 Å².